The Kier molecular flexibility index (Phi) is 29.1. The number of nitrogens with zero attached hydrogens (tertiary/aromatic N) is 6. The minimum atomic E-state index is -0.125. The van der Waals surface area contributed by atoms with Crippen LogP contribution < -0.4 is 0 Å². The van der Waals surface area contributed by atoms with Crippen molar-refractivity contribution in [3.05, 3.63) is 286 Å². The Morgan fingerprint density at radius 3 is 0.974 bits per heavy atom. The molecule has 3 radical (unpaired) electrons. The number of carbonyl (C=O) groups is 3. The fraction of sp³-hybridized carbons (Fsp3) is 0.156. The minimum Gasteiger partial charge on any atom is -0.512 e. The summed E-state index contributed by atoms with van der Waals surface area (Å²) in [5.74, 6) is -0.187. The number of aliphatic hydroxyl groups excluding tert-OH is 3. The standard InChI is InChI=1S/C28H21N2OS.C27H19N2OS.C26H17N2OS.3C5H8O2.3Ir/c1-15-12-16(2)25(17(3)13-15)24-14-19-9-11-23(30-28(19)32-24)22-7-5-6-20-21-10-8-18(4)29-27(21)31-26(20)22;1-15-11-16(2)13-19(12-15)24-14-18-8-10-23(29-27(18)31-24)22-6-4-5-20-21-9-7-17(3)28-26(21)30-25(20)22;1-15-6-9-17(10-7-15)23-14-18-11-13-22(28-26(18)30-23)21-5-3-4-19-20-12-8-16(2)27-25(20)29-24(19)21;3*1-4(6)3-5(2)7;;;/h5-6,8-14H,1-4H3;4-5,7-14H,1-3H3;3-4,6-14H,1-2H3;3*3,6H,1-2H3;;;/q3*-1;;;;;;. The topological polar surface area (TPSA) is 229 Å². The number of thiophene rings is 3. The third-order valence-corrected chi connectivity index (χ3v) is 21.5. The summed E-state index contributed by atoms with van der Waals surface area (Å²) in [6.45, 7) is 27.4. The molecular weight excluding hydrogens is 2050 g/mol. The summed E-state index contributed by atoms with van der Waals surface area (Å²) in [4.78, 5) is 65.4. The maximum Gasteiger partial charge on any atom is 0.216 e. The monoisotopic (exact) mass is 2140 g/mol. The van der Waals surface area contributed by atoms with E-state index in [1.165, 1.54) is 124 Å². The Hall–Kier alpha value is -10.9. The molecule has 12 aromatic heterocycles. The van der Waals surface area contributed by atoms with E-state index in [1.54, 1.807) is 34.0 Å². The number of furan rings is 3. The fourth-order valence-corrected chi connectivity index (χ4v) is 16.8. The van der Waals surface area contributed by atoms with E-state index in [1.807, 2.05) is 81.4 Å². The summed E-state index contributed by atoms with van der Waals surface area (Å²) >= 11 is 5.17. The van der Waals surface area contributed by atoms with Gasteiger partial charge in [0.05, 0.1) is 34.0 Å². The number of aliphatic hydroxyl groups is 3. The molecule has 0 bridgehead atoms. The Bertz CT molecular complexity index is 6760. The van der Waals surface area contributed by atoms with Crippen molar-refractivity contribution in [2.45, 2.75) is 104 Å². The van der Waals surface area contributed by atoms with E-state index in [0.29, 0.717) is 17.1 Å². The number of rotatable bonds is 9. The number of aromatic nitrogens is 6. The molecule has 0 saturated heterocycles. The van der Waals surface area contributed by atoms with Crippen LogP contribution in [0.4, 0.5) is 0 Å². The first-order valence-electron chi connectivity index (χ1n) is 36.8. The molecule has 0 atom stereocenters. The van der Waals surface area contributed by atoms with Gasteiger partial charge in [-0.05, 0) is 203 Å². The maximum atomic E-state index is 10.0. The fourth-order valence-electron chi connectivity index (χ4n) is 13.6. The largest absolute Gasteiger partial charge is 0.512 e. The molecular formula is C96H81Ir3N6O9S3-3. The van der Waals surface area contributed by atoms with Gasteiger partial charge in [0.1, 0.15) is 14.5 Å². The number of ketones is 3. The van der Waals surface area contributed by atoms with Crippen molar-refractivity contribution in [1.82, 2.24) is 29.9 Å². The molecule has 0 amide bonds. The number of hydrogen-bond donors (Lipinski definition) is 3. The van der Waals surface area contributed by atoms with Crippen LogP contribution in [0.25, 0.3) is 162 Å². The number of pyridine rings is 6. The van der Waals surface area contributed by atoms with Crippen LogP contribution in [0.5, 0.6) is 0 Å². The van der Waals surface area contributed by atoms with Crippen LogP contribution in [0, 0.1) is 80.5 Å². The van der Waals surface area contributed by atoms with Gasteiger partial charge in [-0.15, -0.1) is 88.6 Å². The molecule has 3 N–H and O–H groups in total. The van der Waals surface area contributed by atoms with Gasteiger partial charge in [-0.25, -0.2) is 15.0 Å². The zero-order valence-corrected chi connectivity index (χ0v) is 76.4. The van der Waals surface area contributed by atoms with Gasteiger partial charge in [-0.2, -0.15) is 0 Å². The molecule has 0 saturated carbocycles. The van der Waals surface area contributed by atoms with E-state index < -0.39 is 0 Å². The summed E-state index contributed by atoms with van der Waals surface area (Å²) < 4.78 is 18.5. The second-order valence-electron chi connectivity index (χ2n) is 28.3. The molecule has 0 spiro atoms. The average molecular weight is 2140 g/mol. The molecule has 18 aromatic rings. The van der Waals surface area contributed by atoms with E-state index >= 15 is 0 Å². The number of allylic oxidation sites excluding steroid dienone is 6. The van der Waals surface area contributed by atoms with E-state index in [4.69, 9.17) is 43.5 Å². The molecule has 0 aliphatic carbocycles. The molecule has 117 heavy (non-hydrogen) atoms. The Morgan fingerprint density at radius 2 is 0.650 bits per heavy atom. The van der Waals surface area contributed by atoms with Gasteiger partial charge in [-0.1, -0.05) is 146 Å². The number of benzene rings is 6. The summed E-state index contributed by atoms with van der Waals surface area (Å²) in [6.07, 6.45) is 3.50. The van der Waals surface area contributed by atoms with E-state index in [2.05, 4.69) is 196 Å². The SMILES string of the molecule is CC(=O)C=C(C)O.CC(=O)C=C(C)O.CC(=O)C=C(C)O.Cc1cc(C)c(-c2cc3ccc(-c4[c-]ccc5c4oc4nc(C)ccc45)nc3s2)c(C)c1.Cc1cc(C)cc(-c2cc3ccc(-c4[c-]ccc5c4oc4nc(C)ccc45)nc3s2)c1.Cc1ccc(-c2cc3ccc(-c4[c-]ccc5c4oc4nc(C)ccc45)nc3s2)cc1.[Ir].[Ir].[Ir]. The summed E-state index contributed by atoms with van der Waals surface area (Å²) in [5.41, 5.74) is 23.8. The molecule has 0 aliphatic rings. The quantitative estimate of drug-likeness (QED) is 0.0693. The smallest absolute Gasteiger partial charge is 0.216 e. The van der Waals surface area contributed by atoms with Crippen molar-refractivity contribution in [3.63, 3.8) is 0 Å². The van der Waals surface area contributed by atoms with Crippen molar-refractivity contribution in [2.75, 3.05) is 0 Å². The Labute approximate surface area is 730 Å². The number of aryl methyl sites for hydroxylation is 9. The number of carbonyl (C=O) groups excluding carboxylic acids is 3. The van der Waals surface area contributed by atoms with Crippen LogP contribution >= 0.6 is 34.0 Å². The van der Waals surface area contributed by atoms with E-state index in [-0.39, 0.29) is 94.9 Å². The van der Waals surface area contributed by atoms with Crippen LogP contribution in [-0.4, -0.2) is 62.6 Å². The third kappa shape index (κ3) is 20.9. The molecule has 21 heteroatoms. The summed E-state index contributed by atoms with van der Waals surface area (Å²) in [7, 11) is 0. The van der Waals surface area contributed by atoms with Crippen molar-refractivity contribution in [1.29, 1.82) is 0 Å². The summed E-state index contributed by atoms with van der Waals surface area (Å²) in [6, 6.07) is 73.2. The number of fused-ring (bicyclic) bond motifs is 12. The number of hydrogen-bond acceptors (Lipinski definition) is 18. The average Bonchev–Trinajstić information content (AvgIpc) is 1.62. The van der Waals surface area contributed by atoms with Gasteiger partial charge in [0.25, 0.3) is 0 Å². The predicted octanol–water partition coefficient (Wildman–Crippen LogP) is 26.1. The molecule has 12 heterocycles. The van der Waals surface area contributed by atoms with Gasteiger partial charge in [0.15, 0.2) is 17.3 Å². The molecule has 6 aromatic carbocycles. The van der Waals surface area contributed by atoms with Gasteiger partial charge in [0, 0.05) is 143 Å². The van der Waals surface area contributed by atoms with Crippen LogP contribution in [0.2, 0.25) is 0 Å². The van der Waals surface area contributed by atoms with Gasteiger partial charge >= 0.3 is 0 Å². The Morgan fingerprint density at radius 1 is 0.333 bits per heavy atom. The van der Waals surface area contributed by atoms with Gasteiger partial charge < -0.3 is 28.6 Å². The van der Waals surface area contributed by atoms with Crippen LogP contribution in [-0.2, 0) is 74.7 Å². The molecule has 18 rings (SSSR count). The maximum absolute atomic E-state index is 10.0. The zero-order valence-electron chi connectivity index (χ0n) is 66.8. The molecule has 597 valence electrons. The van der Waals surface area contributed by atoms with E-state index in [0.717, 1.165) is 131 Å². The molecule has 15 nitrogen and oxygen atoms in total. The van der Waals surface area contributed by atoms with Crippen LogP contribution in [0.1, 0.15) is 92.0 Å². The first-order valence-corrected chi connectivity index (χ1v) is 39.2. The van der Waals surface area contributed by atoms with E-state index in [9.17, 15) is 14.4 Å². The third-order valence-electron chi connectivity index (χ3n) is 18.2. The summed E-state index contributed by atoms with van der Waals surface area (Å²) in [5, 5.41) is 34.7. The second kappa shape index (κ2) is 38.4. The van der Waals surface area contributed by atoms with Crippen molar-refractivity contribution >= 4 is 148 Å². The molecule has 0 aliphatic heterocycles. The van der Waals surface area contributed by atoms with Crippen molar-refractivity contribution in [2.24, 2.45) is 0 Å². The minimum absolute atomic E-state index is 0. The zero-order chi connectivity index (χ0) is 80.9. The van der Waals surface area contributed by atoms with Crippen LogP contribution in [0.3, 0.4) is 0 Å². The second-order valence-corrected chi connectivity index (χ2v) is 31.4. The van der Waals surface area contributed by atoms with Crippen molar-refractivity contribution in [3.8, 4) is 65.1 Å². The van der Waals surface area contributed by atoms with Crippen molar-refractivity contribution < 1.29 is 103 Å². The Balaban J connectivity index is 0.000000163. The van der Waals surface area contributed by atoms with Gasteiger partial charge in [0.2, 0.25) is 17.1 Å². The molecule has 0 fully saturated rings. The van der Waals surface area contributed by atoms with Gasteiger partial charge in [-0.3, -0.25) is 29.3 Å². The predicted molar refractivity (Wildman–Crippen MR) is 467 cm³/mol. The first kappa shape index (κ1) is 88.4. The first-order chi connectivity index (χ1) is 54.6. The molecule has 0 unspecified atom stereocenters. The normalized spacial score (nSPS) is 11.4. The van der Waals surface area contributed by atoms with Crippen LogP contribution in [0.15, 0.2) is 231 Å².